The van der Waals surface area contributed by atoms with Crippen LogP contribution in [0.4, 0.5) is 8.78 Å². The predicted octanol–water partition coefficient (Wildman–Crippen LogP) is 2.24. The lowest BCUT2D eigenvalue weighted by atomic mass is 9.79. The predicted molar refractivity (Wildman–Crippen MR) is 86.3 cm³/mol. The lowest BCUT2D eigenvalue weighted by Crippen LogP contribution is -2.47. The summed E-state index contributed by atoms with van der Waals surface area (Å²) >= 11 is 0. The van der Waals surface area contributed by atoms with E-state index in [1.807, 2.05) is 0 Å². The molecule has 2 atom stereocenters. The van der Waals surface area contributed by atoms with Crippen LogP contribution in [0.5, 0.6) is 0 Å². The van der Waals surface area contributed by atoms with E-state index in [-0.39, 0.29) is 6.42 Å². The number of carbonyl (C=O) groups excluding carboxylic acids is 2. The van der Waals surface area contributed by atoms with Crippen molar-refractivity contribution >= 4 is 11.9 Å². The van der Waals surface area contributed by atoms with E-state index in [2.05, 4.69) is 5.32 Å². The first-order valence-electron chi connectivity index (χ1n) is 7.75. The Morgan fingerprint density at radius 3 is 2.32 bits per heavy atom. The van der Waals surface area contributed by atoms with Gasteiger partial charge < -0.3 is 15.2 Å². The number of amides is 1. The maximum absolute atomic E-state index is 13.3. The first-order chi connectivity index (χ1) is 11.7. The number of carboxylic acids is 1. The highest BCUT2D eigenvalue weighted by Gasteiger charge is 2.31. The van der Waals surface area contributed by atoms with Crippen LogP contribution in [0.15, 0.2) is 48.5 Å². The van der Waals surface area contributed by atoms with E-state index >= 15 is 0 Å². The fourth-order valence-corrected chi connectivity index (χ4v) is 2.58. The van der Waals surface area contributed by atoms with Crippen molar-refractivity contribution in [3.63, 3.8) is 0 Å². The molecule has 2 rings (SSSR count). The molecule has 0 saturated carbocycles. The molecule has 0 heterocycles. The summed E-state index contributed by atoms with van der Waals surface area (Å²) < 4.78 is 26.3. The van der Waals surface area contributed by atoms with Gasteiger partial charge in [-0.1, -0.05) is 36.4 Å². The summed E-state index contributed by atoms with van der Waals surface area (Å²) in [5, 5.41) is 14.2. The standard InChI is InChI=1S/C19H19F2NO3/c1-12(13-8-9-15(20)16(21)10-13)22-17(23)11-19(2,18(24)25)14-6-4-3-5-7-14/h3-10,12H,11H2,1-2H3,(H,22,23)(H,24,25)/p-1/t12-,19+/m1/s1. The number of hydrogen-bond donors (Lipinski definition) is 1. The van der Waals surface area contributed by atoms with Crippen LogP contribution in [0.2, 0.25) is 0 Å². The van der Waals surface area contributed by atoms with Gasteiger partial charge in [-0.2, -0.15) is 0 Å². The first kappa shape index (κ1) is 18.6. The second-order valence-electron chi connectivity index (χ2n) is 6.13. The van der Waals surface area contributed by atoms with Crippen molar-refractivity contribution in [1.82, 2.24) is 5.32 Å². The van der Waals surface area contributed by atoms with Crippen molar-refractivity contribution in [2.75, 3.05) is 0 Å². The molecule has 1 amide bonds. The first-order valence-corrected chi connectivity index (χ1v) is 7.75. The summed E-state index contributed by atoms with van der Waals surface area (Å²) in [4.78, 5) is 23.9. The summed E-state index contributed by atoms with van der Waals surface area (Å²) in [6.07, 6.45) is -0.340. The molecule has 1 N–H and O–H groups in total. The molecule has 0 aliphatic carbocycles. The van der Waals surface area contributed by atoms with E-state index in [9.17, 15) is 23.5 Å². The maximum Gasteiger partial charge on any atom is 0.221 e. The van der Waals surface area contributed by atoms with E-state index in [1.54, 1.807) is 37.3 Å². The molecule has 0 aliphatic rings. The largest absolute Gasteiger partial charge is 0.549 e. The number of halogens is 2. The molecule has 2 aromatic carbocycles. The van der Waals surface area contributed by atoms with Gasteiger partial charge in [0, 0.05) is 11.8 Å². The highest BCUT2D eigenvalue weighted by molar-refractivity contribution is 5.88. The van der Waals surface area contributed by atoms with Crippen molar-refractivity contribution in [2.24, 2.45) is 0 Å². The third-order valence-electron chi connectivity index (χ3n) is 4.20. The average molecular weight is 346 g/mol. The van der Waals surface area contributed by atoms with Gasteiger partial charge in [-0.15, -0.1) is 0 Å². The molecule has 25 heavy (non-hydrogen) atoms. The van der Waals surface area contributed by atoms with E-state index in [0.717, 1.165) is 12.1 Å². The van der Waals surface area contributed by atoms with Crippen LogP contribution < -0.4 is 10.4 Å². The summed E-state index contributed by atoms with van der Waals surface area (Å²) in [6, 6.07) is 11.0. The van der Waals surface area contributed by atoms with Gasteiger partial charge in [0.15, 0.2) is 11.6 Å². The normalized spacial score (nSPS) is 14.4. The molecular formula is C19H18F2NO3-. The highest BCUT2D eigenvalue weighted by Crippen LogP contribution is 2.27. The van der Waals surface area contributed by atoms with Crippen LogP contribution in [0, 0.1) is 11.6 Å². The Morgan fingerprint density at radius 2 is 1.76 bits per heavy atom. The van der Waals surface area contributed by atoms with Crippen molar-refractivity contribution in [2.45, 2.75) is 31.7 Å². The van der Waals surface area contributed by atoms with Gasteiger partial charge in [-0.3, -0.25) is 4.79 Å². The van der Waals surface area contributed by atoms with Crippen LogP contribution in [0.25, 0.3) is 0 Å². The second-order valence-corrected chi connectivity index (χ2v) is 6.13. The minimum atomic E-state index is -1.50. The molecule has 0 saturated heterocycles. The Bertz CT molecular complexity index is 779. The molecule has 0 spiro atoms. The zero-order valence-electron chi connectivity index (χ0n) is 13.9. The number of hydrogen-bond acceptors (Lipinski definition) is 3. The van der Waals surface area contributed by atoms with Crippen LogP contribution in [-0.2, 0) is 15.0 Å². The Hall–Kier alpha value is -2.76. The van der Waals surface area contributed by atoms with Gasteiger partial charge in [-0.25, -0.2) is 8.78 Å². The Morgan fingerprint density at radius 1 is 1.12 bits per heavy atom. The van der Waals surface area contributed by atoms with Crippen LogP contribution in [0.3, 0.4) is 0 Å². The Kier molecular flexibility index (Phi) is 5.51. The molecule has 132 valence electrons. The fraction of sp³-hybridized carbons (Fsp3) is 0.263. The highest BCUT2D eigenvalue weighted by atomic mass is 19.2. The fourth-order valence-electron chi connectivity index (χ4n) is 2.58. The van der Waals surface area contributed by atoms with Gasteiger partial charge in [-0.05, 0) is 37.1 Å². The number of rotatable bonds is 6. The van der Waals surface area contributed by atoms with Crippen molar-refractivity contribution < 1.29 is 23.5 Å². The van der Waals surface area contributed by atoms with Gasteiger partial charge in [0.25, 0.3) is 0 Å². The molecule has 4 nitrogen and oxygen atoms in total. The number of carboxylic acid groups (broad SMARTS) is 1. The summed E-state index contributed by atoms with van der Waals surface area (Å²) in [6.45, 7) is 3.02. The molecular weight excluding hydrogens is 328 g/mol. The lowest BCUT2D eigenvalue weighted by molar-refractivity contribution is -0.313. The molecule has 0 aromatic heterocycles. The van der Waals surface area contributed by atoms with Crippen molar-refractivity contribution in [3.8, 4) is 0 Å². The molecule has 0 bridgehead atoms. The van der Waals surface area contributed by atoms with Crippen LogP contribution >= 0.6 is 0 Å². The van der Waals surface area contributed by atoms with E-state index in [4.69, 9.17) is 0 Å². The molecule has 0 aliphatic heterocycles. The van der Waals surface area contributed by atoms with Crippen LogP contribution in [-0.4, -0.2) is 11.9 Å². The maximum atomic E-state index is 13.3. The number of aliphatic carboxylic acids is 1. The van der Waals surface area contributed by atoms with E-state index in [0.29, 0.717) is 11.1 Å². The van der Waals surface area contributed by atoms with Gasteiger partial charge in [0.1, 0.15) is 0 Å². The quantitative estimate of drug-likeness (QED) is 0.872. The van der Waals surface area contributed by atoms with Crippen LogP contribution in [0.1, 0.15) is 37.4 Å². The van der Waals surface area contributed by atoms with Gasteiger partial charge in [0.2, 0.25) is 5.91 Å². The SMILES string of the molecule is C[C@@H](NC(=O)C[C@](C)(C(=O)[O-])c1ccccc1)c1ccc(F)c(F)c1. The molecule has 2 aromatic rings. The minimum Gasteiger partial charge on any atom is -0.549 e. The third kappa shape index (κ3) is 4.21. The monoisotopic (exact) mass is 346 g/mol. The number of nitrogens with one attached hydrogen (secondary N) is 1. The number of benzene rings is 2. The Balaban J connectivity index is 2.14. The molecule has 0 unspecified atom stereocenters. The summed E-state index contributed by atoms with van der Waals surface area (Å²) in [5.74, 6) is -3.89. The lowest BCUT2D eigenvalue weighted by Gasteiger charge is -2.31. The number of carbonyl (C=O) groups is 2. The third-order valence-corrected chi connectivity index (χ3v) is 4.20. The zero-order valence-corrected chi connectivity index (χ0v) is 13.9. The van der Waals surface area contributed by atoms with E-state index < -0.39 is 35.0 Å². The molecule has 6 heteroatoms. The second kappa shape index (κ2) is 7.42. The van der Waals surface area contributed by atoms with E-state index in [1.165, 1.54) is 13.0 Å². The topological polar surface area (TPSA) is 69.2 Å². The van der Waals surface area contributed by atoms with Gasteiger partial charge in [0.05, 0.1) is 12.0 Å². The molecule has 0 fully saturated rings. The smallest absolute Gasteiger partial charge is 0.221 e. The minimum absolute atomic E-state index is 0.340. The van der Waals surface area contributed by atoms with Gasteiger partial charge >= 0.3 is 0 Å². The zero-order chi connectivity index (χ0) is 18.6. The van der Waals surface area contributed by atoms with Crippen molar-refractivity contribution in [1.29, 1.82) is 0 Å². The summed E-state index contributed by atoms with van der Waals surface area (Å²) in [5.41, 5.74) is -0.674. The summed E-state index contributed by atoms with van der Waals surface area (Å²) in [7, 11) is 0. The average Bonchev–Trinajstić information content (AvgIpc) is 2.57. The molecule has 0 radical (unpaired) electrons. The Labute approximate surface area is 144 Å². The van der Waals surface area contributed by atoms with Crippen molar-refractivity contribution in [3.05, 3.63) is 71.3 Å².